The molecule has 0 radical (unpaired) electrons. The van der Waals surface area contributed by atoms with Gasteiger partial charge in [0.2, 0.25) is 11.8 Å². The summed E-state index contributed by atoms with van der Waals surface area (Å²) in [6.07, 6.45) is 1.06. The van der Waals surface area contributed by atoms with Gasteiger partial charge in [0.05, 0.1) is 12.0 Å². The second-order valence-corrected chi connectivity index (χ2v) is 6.27. The van der Waals surface area contributed by atoms with E-state index in [0.29, 0.717) is 25.9 Å². The third-order valence-electron chi connectivity index (χ3n) is 4.38. The second-order valence-electron chi connectivity index (χ2n) is 6.27. The van der Waals surface area contributed by atoms with Crippen LogP contribution >= 0.6 is 0 Å². The number of nitrogens with one attached hydrogen (secondary N) is 1. The molecule has 0 saturated carbocycles. The van der Waals surface area contributed by atoms with E-state index >= 15 is 0 Å². The maximum atomic E-state index is 12.7. The number of likely N-dealkylation sites (N-methyl/N-ethyl adjacent to an activating group) is 1. The van der Waals surface area contributed by atoms with Crippen LogP contribution in [0.25, 0.3) is 0 Å². The molecule has 1 fully saturated rings. The Morgan fingerprint density at radius 3 is 2.61 bits per heavy atom. The molecule has 1 saturated heterocycles. The van der Waals surface area contributed by atoms with Gasteiger partial charge >= 0.3 is 0 Å². The first kappa shape index (κ1) is 17.5. The SMILES string of the molecule is CCN1C(=O)CC[C@@H](C(=O)NCCN(C)C)[C@@H]1c1ccccc1. The van der Waals surface area contributed by atoms with Crippen molar-refractivity contribution in [3.05, 3.63) is 35.9 Å². The van der Waals surface area contributed by atoms with Gasteiger partial charge in [-0.05, 0) is 33.0 Å². The van der Waals surface area contributed by atoms with Gasteiger partial charge in [-0.3, -0.25) is 9.59 Å². The Kier molecular flexibility index (Phi) is 6.16. The molecule has 1 aliphatic rings. The molecular formula is C18H27N3O2. The Hall–Kier alpha value is -1.88. The zero-order chi connectivity index (χ0) is 16.8. The summed E-state index contributed by atoms with van der Waals surface area (Å²) in [6, 6.07) is 9.73. The fraction of sp³-hybridized carbons (Fsp3) is 0.556. The first-order chi connectivity index (χ1) is 11.0. The molecule has 5 heteroatoms. The lowest BCUT2D eigenvalue weighted by Gasteiger charge is -2.40. The molecule has 1 aromatic carbocycles. The molecule has 0 spiro atoms. The van der Waals surface area contributed by atoms with Gasteiger partial charge in [0, 0.05) is 26.1 Å². The van der Waals surface area contributed by atoms with Crippen LogP contribution in [0.3, 0.4) is 0 Å². The van der Waals surface area contributed by atoms with Crippen molar-refractivity contribution in [2.45, 2.75) is 25.8 Å². The Morgan fingerprint density at radius 1 is 1.30 bits per heavy atom. The van der Waals surface area contributed by atoms with Gasteiger partial charge in [0.1, 0.15) is 0 Å². The highest BCUT2D eigenvalue weighted by molar-refractivity contribution is 5.85. The standard InChI is InChI=1S/C18H27N3O2/c1-4-21-16(22)11-10-15(18(23)19-12-13-20(2)3)17(21)14-8-6-5-7-9-14/h5-9,15,17H,4,10-13H2,1-3H3,(H,19,23)/t15-,17+/m1/s1. The molecule has 2 amide bonds. The van der Waals surface area contributed by atoms with Crippen molar-refractivity contribution in [1.29, 1.82) is 0 Å². The van der Waals surface area contributed by atoms with Crippen molar-refractivity contribution >= 4 is 11.8 Å². The minimum Gasteiger partial charge on any atom is -0.354 e. The normalized spacial score (nSPS) is 21.6. The second kappa shape index (κ2) is 8.11. The zero-order valence-corrected chi connectivity index (χ0v) is 14.3. The average Bonchev–Trinajstić information content (AvgIpc) is 2.54. The average molecular weight is 317 g/mol. The van der Waals surface area contributed by atoms with E-state index in [1.165, 1.54) is 0 Å². The van der Waals surface area contributed by atoms with Crippen LogP contribution in [0.1, 0.15) is 31.4 Å². The van der Waals surface area contributed by atoms with Crippen LogP contribution in [-0.4, -0.2) is 55.3 Å². The van der Waals surface area contributed by atoms with Crippen molar-refractivity contribution in [2.24, 2.45) is 5.92 Å². The summed E-state index contributed by atoms with van der Waals surface area (Å²) in [5.41, 5.74) is 1.04. The van der Waals surface area contributed by atoms with E-state index in [9.17, 15) is 9.59 Å². The minimum atomic E-state index is -0.183. The molecule has 2 atom stereocenters. The number of nitrogens with zero attached hydrogens (tertiary/aromatic N) is 2. The summed E-state index contributed by atoms with van der Waals surface area (Å²) < 4.78 is 0. The molecule has 0 aromatic heterocycles. The molecule has 5 nitrogen and oxygen atoms in total. The van der Waals surface area contributed by atoms with Crippen molar-refractivity contribution in [3.8, 4) is 0 Å². The van der Waals surface area contributed by atoms with Crippen LogP contribution in [0.15, 0.2) is 30.3 Å². The molecule has 23 heavy (non-hydrogen) atoms. The van der Waals surface area contributed by atoms with Crippen molar-refractivity contribution in [3.63, 3.8) is 0 Å². The van der Waals surface area contributed by atoms with Crippen molar-refractivity contribution < 1.29 is 9.59 Å². The number of likely N-dealkylation sites (tertiary alicyclic amines) is 1. The zero-order valence-electron chi connectivity index (χ0n) is 14.3. The number of amides is 2. The van der Waals surface area contributed by atoms with Gasteiger partial charge in [0.25, 0.3) is 0 Å². The molecule has 0 bridgehead atoms. The van der Waals surface area contributed by atoms with Gasteiger partial charge in [0.15, 0.2) is 0 Å². The van der Waals surface area contributed by atoms with E-state index in [2.05, 4.69) is 5.32 Å². The number of rotatable bonds is 6. The van der Waals surface area contributed by atoms with Gasteiger partial charge in [-0.1, -0.05) is 30.3 Å². The molecule has 1 heterocycles. The number of carbonyl (C=O) groups excluding carboxylic acids is 2. The van der Waals surface area contributed by atoms with E-state index in [1.807, 2.05) is 61.2 Å². The van der Waals surface area contributed by atoms with Crippen molar-refractivity contribution in [1.82, 2.24) is 15.1 Å². The molecule has 0 unspecified atom stereocenters. The smallest absolute Gasteiger partial charge is 0.225 e. The molecule has 0 aliphatic carbocycles. The monoisotopic (exact) mass is 317 g/mol. The number of piperidine rings is 1. The Balaban J connectivity index is 2.18. The van der Waals surface area contributed by atoms with Crippen molar-refractivity contribution in [2.75, 3.05) is 33.7 Å². The fourth-order valence-electron chi connectivity index (χ4n) is 3.20. The highest BCUT2D eigenvalue weighted by atomic mass is 16.2. The molecule has 2 rings (SSSR count). The van der Waals surface area contributed by atoms with E-state index in [-0.39, 0.29) is 23.8 Å². The van der Waals surface area contributed by atoms with Crippen LogP contribution in [-0.2, 0) is 9.59 Å². The van der Waals surface area contributed by atoms with E-state index < -0.39 is 0 Å². The summed E-state index contributed by atoms with van der Waals surface area (Å²) in [5, 5.41) is 3.02. The molecule has 1 N–H and O–H groups in total. The molecule has 126 valence electrons. The first-order valence-corrected chi connectivity index (χ1v) is 8.31. The van der Waals surface area contributed by atoms with Crippen LogP contribution in [0.5, 0.6) is 0 Å². The topological polar surface area (TPSA) is 52.7 Å². The first-order valence-electron chi connectivity index (χ1n) is 8.31. The maximum Gasteiger partial charge on any atom is 0.225 e. The van der Waals surface area contributed by atoms with Crippen LogP contribution in [0.2, 0.25) is 0 Å². The lowest BCUT2D eigenvalue weighted by molar-refractivity contribution is -0.143. The van der Waals surface area contributed by atoms with E-state index in [4.69, 9.17) is 0 Å². The lowest BCUT2D eigenvalue weighted by atomic mass is 9.83. The number of hydrogen-bond donors (Lipinski definition) is 1. The minimum absolute atomic E-state index is 0.0478. The van der Waals surface area contributed by atoms with Gasteiger partial charge in [-0.25, -0.2) is 0 Å². The van der Waals surface area contributed by atoms with Gasteiger partial charge in [-0.2, -0.15) is 0 Å². The third kappa shape index (κ3) is 4.32. The Morgan fingerprint density at radius 2 is 2.00 bits per heavy atom. The summed E-state index contributed by atoms with van der Waals surface area (Å²) >= 11 is 0. The Bertz CT molecular complexity index is 530. The largest absolute Gasteiger partial charge is 0.354 e. The fourth-order valence-corrected chi connectivity index (χ4v) is 3.20. The van der Waals surface area contributed by atoms with Crippen LogP contribution < -0.4 is 5.32 Å². The molecule has 1 aliphatic heterocycles. The maximum absolute atomic E-state index is 12.7. The van der Waals surface area contributed by atoms with E-state index in [1.54, 1.807) is 0 Å². The van der Waals surface area contributed by atoms with Crippen LogP contribution in [0.4, 0.5) is 0 Å². The van der Waals surface area contributed by atoms with E-state index in [0.717, 1.165) is 12.1 Å². The van der Waals surface area contributed by atoms with Gasteiger partial charge in [-0.15, -0.1) is 0 Å². The predicted molar refractivity (Wildman–Crippen MR) is 90.9 cm³/mol. The lowest BCUT2D eigenvalue weighted by Crippen LogP contribution is -2.48. The number of carbonyl (C=O) groups is 2. The van der Waals surface area contributed by atoms with Crippen LogP contribution in [0, 0.1) is 5.92 Å². The summed E-state index contributed by atoms with van der Waals surface area (Å²) in [4.78, 5) is 28.8. The molecular weight excluding hydrogens is 290 g/mol. The number of benzene rings is 1. The predicted octanol–water partition coefficient (Wildman–Crippen LogP) is 1.66. The molecule has 1 aromatic rings. The summed E-state index contributed by atoms with van der Waals surface area (Å²) in [7, 11) is 3.97. The van der Waals surface area contributed by atoms with Gasteiger partial charge < -0.3 is 15.1 Å². The summed E-state index contributed by atoms with van der Waals surface area (Å²) in [5.74, 6) is 0.00237. The quantitative estimate of drug-likeness (QED) is 0.868. The highest BCUT2D eigenvalue weighted by Gasteiger charge is 2.39. The summed E-state index contributed by atoms with van der Waals surface area (Å²) in [6.45, 7) is 4.04. The highest BCUT2D eigenvalue weighted by Crippen LogP contribution is 2.36. The Labute approximate surface area is 138 Å². The number of hydrogen-bond acceptors (Lipinski definition) is 3. The third-order valence-corrected chi connectivity index (χ3v) is 4.38.